The van der Waals surface area contributed by atoms with Crippen LogP contribution in [0.4, 0.5) is 0 Å². The minimum Gasteiger partial charge on any atom is -0.497 e. The Morgan fingerprint density at radius 2 is 2.07 bits per heavy atom. The number of nitrogens with zero attached hydrogens (tertiary/aromatic N) is 3. The number of benzene rings is 1. The van der Waals surface area contributed by atoms with Gasteiger partial charge in [0.2, 0.25) is 5.82 Å². The number of hydrogen-bond acceptors (Lipinski definition) is 6. The van der Waals surface area contributed by atoms with E-state index in [1.165, 1.54) is 0 Å². The highest BCUT2D eigenvalue weighted by Gasteiger charge is 2.09. The van der Waals surface area contributed by atoms with Gasteiger partial charge in [0.25, 0.3) is 0 Å². The topological polar surface area (TPSA) is 110 Å². The first kappa shape index (κ1) is 22.5. The molecule has 2 aromatic heterocycles. The van der Waals surface area contributed by atoms with Crippen molar-refractivity contribution < 1.29 is 13.9 Å². The number of rotatable bonds is 8. The lowest BCUT2D eigenvalue weighted by atomic mass is 10.2. The number of aromatic amines is 1. The summed E-state index contributed by atoms with van der Waals surface area (Å²) in [5, 5.41) is 13.6. The summed E-state index contributed by atoms with van der Waals surface area (Å²) in [6, 6.07) is 9.34. The first-order valence-electron chi connectivity index (χ1n) is 8.84. The zero-order chi connectivity index (χ0) is 19.8. The Morgan fingerprint density at radius 3 is 2.76 bits per heavy atom. The molecule has 0 saturated carbocycles. The lowest BCUT2D eigenvalue weighted by molar-refractivity contribution is 0.390. The van der Waals surface area contributed by atoms with Crippen LogP contribution in [-0.2, 0) is 13.0 Å². The van der Waals surface area contributed by atoms with Gasteiger partial charge in [0.1, 0.15) is 17.3 Å². The van der Waals surface area contributed by atoms with E-state index in [-0.39, 0.29) is 24.0 Å². The molecule has 29 heavy (non-hydrogen) atoms. The van der Waals surface area contributed by atoms with Gasteiger partial charge >= 0.3 is 0 Å². The Kier molecular flexibility index (Phi) is 8.77. The summed E-state index contributed by atoms with van der Waals surface area (Å²) >= 11 is 0. The van der Waals surface area contributed by atoms with Crippen molar-refractivity contribution >= 4 is 29.9 Å². The number of hydrogen-bond donors (Lipinski definition) is 3. The van der Waals surface area contributed by atoms with Crippen LogP contribution in [0.1, 0.15) is 11.4 Å². The van der Waals surface area contributed by atoms with Crippen LogP contribution in [0.3, 0.4) is 0 Å². The van der Waals surface area contributed by atoms with Gasteiger partial charge in [-0.05, 0) is 24.3 Å². The molecule has 0 fully saturated rings. The van der Waals surface area contributed by atoms with Gasteiger partial charge in [0, 0.05) is 38.2 Å². The van der Waals surface area contributed by atoms with Crippen LogP contribution in [0.2, 0.25) is 0 Å². The highest BCUT2D eigenvalue weighted by molar-refractivity contribution is 14.0. The van der Waals surface area contributed by atoms with Gasteiger partial charge in [-0.15, -0.1) is 24.0 Å². The summed E-state index contributed by atoms with van der Waals surface area (Å²) in [7, 11) is 4.99. The number of ether oxygens (including phenoxy) is 2. The maximum absolute atomic E-state index is 5.42. The molecule has 0 aliphatic rings. The van der Waals surface area contributed by atoms with Gasteiger partial charge in [0.05, 0.1) is 20.5 Å². The molecule has 0 aliphatic heterocycles. The van der Waals surface area contributed by atoms with Gasteiger partial charge in [-0.2, -0.15) is 5.10 Å². The average molecular weight is 512 g/mol. The largest absolute Gasteiger partial charge is 0.497 e. The summed E-state index contributed by atoms with van der Waals surface area (Å²) < 4.78 is 15.9. The van der Waals surface area contributed by atoms with Crippen molar-refractivity contribution in [1.82, 2.24) is 25.8 Å². The second-order valence-electron chi connectivity index (χ2n) is 5.86. The van der Waals surface area contributed by atoms with Crippen molar-refractivity contribution in [2.75, 3.05) is 27.8 Å². The molecule has 0 radical (unpaired) electrons. The van der Waals surface area contributed by atoms with E-state index in [4.69, 9.17) is 13.9 Å². The molecule has 3 aromatic rings. The second-order valence-corrected chi connectivity index (χ2v) is 5.86. The van der Waals surface area contributed by atoms with Crippen molar-refractivity contribution in [3.63, 3.8) is 0 Å². The third-order valence-electron chi connectivity index (χ3n) is 4.09. The van der Waals surface area contributed by atoms with Crippen LogP contribution in [0.5, 0.6) is 11.5 Å². The summed E-state index contributed by atoms with van der Waals surface area (Å²) in [4.78, 5) is 8.66. The number of methoxy groups -OCH3 is 2. The molecule has 3 rings (SSSR count). The first-order chi connectivity index (χ1) is 13.7. The maximum atomic E-state index is 5.42. The fourth-order valence-electron chi connectivity index (χ4n) is 2.62. The third kappa shape index (κ3) is 6.11. The van der Waals surface area contributed by atoms with Crippen molar-refractivity contribution in [1.29, 1.82) is 0 Å². The number of aliphatic imine (C=N–C) groups is 1. The Hall–Kier alpha value is -2.76. The molecule has 0 bridgehead atoms. The molecule has 10 heteroatoms. The van der Waals surface area contributed by atoms with E-state index < -0.39 is 0 Å². The molecule has 0 aliphatic carbocycles. The van der Waals surface area contributed by atoms with Gasteiger partial charge in [0.15, 0.2) is 11.7 Å². The Balaban J connectivity index is 0.00000300. The molecular weight excluding hydrogens is 487 g/mol. The lowest BCUT2D eigenvalue weighted by Crippen LogP contribution is -2.38. The van der Waals surface area contributed by atoms with Crippen molar-refractivity contribution in [2.24, 2.45) is 4.99 Å². The zero-order valence-electron chi connectivity index (χ0n) is 16.6. The Bertz CT molecular complexity index is 911. The Morgan fingerprint density at radius 1 is 1.21 bits per heavy atom. The van der Waals surface area contributed by atoms with Gasteiger partial charge < -0.3 is 24.5 Å². The first-order valence-corrected chi connectivity index (χ1v) is 8.84. The van der Waals surface area contributed by atoms with Crippen molar-refractivity contribution in [3.8, 4) is 23.1 Å². The molecular formula is C19H25IN6O3. The lowest BCUT2D eigenvalue weighted by Gasteiger charge is -2.14. The monoisotopic (exact) mass is 512 g/mol. The average Bonchev–Trinajstić information content (AvgIpc) is 3.42. The molecule has 156 valence electrons. The molecule has 2 heterocycles. The summed E-state index contributed by atoms with van der Waals surface area (Å²) in [6.07, 6.45) is 2.26. The number of furan rings is 1. The van der Waals surface area contributed by atoms with E-state index in [9.17, 15) is 0 Å². The minimum absolute atomic E-state index is 0. The van der Waals surface area contributed by atoms with Crippen molar-refractivity contribution in [2.45, 2.75) is 13.0 Å². The van der Waals surface area contributed by atoms with E-state index in [1.807, 2.05) is 24.3 Å². The summed E-state index contributed by atoms with van der Waals surface area (Å²) in [6.45, 7) is 1.21. The standard InChI is InChI=1S/C19H24N6O3.HI/c1-20-19(22-12-13-6-7-14(26-2)11-16(13)27-3)21-9-8-17-23-18(25-24-17)15-5-4-10-28-15;/h4-7,10-11H,8-9,12H2,1-3H3,(H2,20,21,22)(H,23,24,25);1H. The molecule has 0 amide bonds. The normalized spacial score (nSPS) is 10.9. The molecule has 0 saturated heterocycles. The highest BCUT2D eigenvalue weighted by Crippen LogP contribution is 2.24. The van der Waals surface area contributed by atoms with E-state index in [0.717, 1.165) is 22.9 Å². The molecule has 1 aromatic carbocycles. The zero-order valence-corrected chi connectivity index (χ0v) is 18.9. The molecule has 0 unspecified atom stereocenters. The smallest absolute Gasteiger partial charge is 0.216 e. The number of nitrogens with one attached hydrogen (secondary N) is 3. The number of guanidine groups is 1. The number of halogens is 1. The minimum atomic E-state index is 0. The van der Waals surface area contributed by atoms with Gasteiger partial charge in [-0.1, -0.05) is 0 Å². The Labute approximate surface area is 186 Å². The summed E-state index contributed by atoms with van der Waals surface area (Å²) in [5.74, 6) is 4.16. The second kappa shape index (κ2) is 11.3. The van der Waals surface area contributed by atoms with Crippen LogP contribution in [0.15, 0.2) is 46.0 Å². The van der Waals surface area contributed by atoms with Gasteiger partial charge in [-0.3, -0.25) is 10.1 Å². The number of aromatic nitrogens is 3. The number of H-pyrrole nitrogens is 1. The maximum Gasteiger partial charge on any atom is 0.216 e. The SMILES string of the molecule is CN=C(NCCc1nc(-c2ccco2)n[nH]1)NCc1ccc(OC)cc1OC.I. The highest BCUT2D eigenvalue weighted by atomic mass is 127. The fraction of sp³-hybridized carbons (Fsp3) is 0.316. The van der Waals surface area contributed by atoms with Crippen LogP contribution >= 0.6 is 24.0 Å². The van der Waals surface area contributed by atoms with E-state index in [2.05, 4.69) is 30.8 Å². The van der Waals surface area contributed by atoms with Crippen LogP contribution in [0, 0.1) is 0 Å². The van der Waals surface area contributed by atoms with Crippen LogP contribution in [0.25, 0.3) is 11.6 Å². The van der Waals surface area contributed by atoms with Gasteiger partial charge in [-0.25, -0.2) is 4.98 Å². The quantitative estimate of drug-likeness (QED) is 0.242. The van der Waals surface area contributed by atoms with Crippen LogP contribution < -0.4 is 20.1 Å². The van der Waals surface area contributed by atoms with Crippen molar-refractivity contribution in [3.05, 3.63) is 48.0 Å². The molecule has 3 N–H and O–H groups in total. The van der Waals surface area contributed by atoms with E-state index in [1.54, 1.807) is 33.6 Å². The molecule has 0 atom stereocenters. The molecule has 9 nitrogen and oxygen atoms in total. The fourth-order valence-corrected chi connectivity index (χ4v) is 2.62. The van der Waals surface area contributed by atoms with Crippen LogP contribution in [-0.4, -0.2) is 49.0 Å². The summed E-state index contributed by atoms with van der Waals surface area (Å²) in [5.41, 5.74) is 1.00. The van der Waals surface area contributed by atoms with E-state index >= 15 is 0 Å². The van der Waals surface area contributed by atoms with E-state index in [0.29, 0.717) is 37.1 Å². The third-order valence-corrected chi connectivity index (χ3v) is 4.09. The predicted octanol–water partition coefficient (Wildman–Crippen LogP) is 2.61. The predicted molar refractivity (Wildman–Crippen MR) is 121 cm³/mol. The molecule has 0 spiro atoms.